The van der Waals surface area contributed by atoms with E-state index in [1.807, 2.05) is 11.6 Å². The lowest BCUT2D eigenvalue weighted by molar-refractivity contribution is 0.153. The number of aliphatic hydroxyl groups is 1. The summed E-state index contributed by atoms with van der Waals surface area (Å²) in [6.07, 6.45) is 2.09. The van der Waals surface area contributed by atoms with E-state index < -0.39 is 0 Å². The molecule has 0 amide bonds. The second-order valence-electron chi connectivity index (χ2n) is 4.81. The van der Waals surface area contributed by atoms with E-state index in [2.05, 4.69) is 18.9 Å². The Morgan fingerprint density at radius 2 is 2.19 bits per heavy atom. The Hall–Kier alpha value is -1.03. The van der Waals surface area contributed by atoms with E-state index in [0.29, 0.717) is 6.42 Å². The summed E-state index contributed by atoms with van der Waals surface area (Å²) in [7, 11) is 1.65. The van der Waals surface area contributed by atoms with Crippen LogP contribution in [0.1, 0.15) is 39.8 Å². The maximum atomic E-state index is 9.54. The Morgan fingerprint density at radius 3 is 2.62 bits per heavy atom. The summed E-state index contributed by atoms with van der Waals surface area (Å²) in [4.78, 5) is 0. The van der Waals surface area contributed by atoms with E-state index in [0.717, 1.165) is 18.0 Å². The fourth-order valence-corrected chi connectivity index (χ4v) is 2.28. The van der Waals surface area contributed by atoms with Crippen molar-refractivity contribution in [1.29, 1.82) is 0 Å². The van der Waals surface area contributed by atoms with Gasteiger partial charge >= 0.3 is 0 Å². The van der Waals surface area contributed by atoms with Crippen molar-refractivity contribution in [3.63, 3.8) is 0 Å². The number of rotatable bonds is 5. The average molecular weight is 226 g/mol. The largest absolute Gasteiger partial charge is 0.493 e. The van der Waals surface area contributed by atoms with Gasteiger partial charge in [-0.3, -0.25) is 4.68 Å². The highest BCUT2D eigenvalue weighted by Gasteiger charge is 2.30. The quantitative estimate of drug-likeness (QED) is 0.835. The molecule has 1 aromatic heterocycles. The van der Waals surface area contributed by atoms with Gasteiger partial charge in [0.25, 0.3) is 0 Å². The molecule has 1 aromatic rings. The SMILES string of the molecule is CCn1ncc(OC)c1C(C)(C)CC(C)O. The van der Waals surface area contributed by atoms with Crippen molar-refractivity contribution < 1.29 is 9.84 Å². The van der Waals surface area contributed by atoms with Crippen LogP contribution >= 0.6 is 0 Å². The van der Waals surface area contributed by atoms with Crippen molar-refractivity contribution in [2.75, 3.05) is 7.11 Å². The predicted molar refractivity (Wildman–Crippen MR) is 63.8 cm³/mol. The van der Waals surface area contributed by atoms with Crippen molar-refractivity contribution in [3.05, 3.63) is 11.9 Å². The van der Waals surface area contributed by atoms with Gasteiger partial charge in [-0.05, 0) is 20.3 Å². The molecular weight excluding hydrogens is 204 g/mol. The lowest BCUT2D eigenvalue weighted by atomic mass is 9.83. The van der Waals surface area contributed by atoms with Crippen LogP contribution in [0.25, 0.3) is 0 Å². The van der Waals surface area contributed by atoms with Crippen molar-refractivity contribution in [3.8, 4) is 5.75 Å². The smallest absolute Gasteiger partial charge is 0.160 e. The number of aromatic nitrogens is 2. The number of nitrogens with zero attached hydrogens (tertiary/aromatic N) is 2. The molecule has 0 aromatic carbocycles. The minimum absolute atomic E-state index is 0.147. The molecule has 1 heterocycles. The van der Waals surface area contributed by atoms with Crippen LogP contribution in [-0.4, -0.2) is 28.1 Å². The van der Waals surface area contributed by atoms with Gasteiger partial charge in [0.15, 0.2) is 5.75 Å². The van der Waals surface area contributed by atoms with Gasteiger partial charge in [-0.15, -0.1) is 0 Å². The van der Waals surface area contributed by atoms with Crippen LogP contribution in [0.2, 0.25) is 0 Å². The lowest BCUT2D eigenvalue weighted by Gasteiger charge is -2.27. The third-order valence-electron chi connectivity index (χ3n) is 2.77. The minimum Gasteiger partial charge on any atom is -0.493 e. The van der Waals surface area contributed by atoms with Crippen molar-refractivity contribution in [2.24, 2.45) is 0 Å². The van der Waals surface area contributed by atoms with Crippen molar-refractivity contribution in [2.45, 2.75) is 52.2 Å². The molecule has 0 saturated heterocycles. The number of hydrogen-bond donors (Lipinski definition) is 1. The summed E-state index contributed by atoms with van der Waals surface area (Å²) in [6, 6.07) is 0. The van der Waals surface area contributed by atoms with Crippen LogP contribution in [0.4, 0.5) is 0 Å². The summed E-state index contributed by atoms with van der Waals surface area (Å²) >= 11 is 0. The van der Waals surface area contributed by atoms with Crippen LogP contribution in [0, 0.1) is 0 Å². The number of aliphatic hydroxyl groups excluding tert-OH is 1. The maximum absolute atomic E-state index is 9.54. The molecule has 0 aliphatic heterocycles. The molecule has 0 fully saturated rings. The van der Waals surface area contributed by atoms with E-state index in [-0.39, 0.29) is 11.5 Å². The number of aryl methyl sites for hydroxylation is 1. The molecule has 1 unspecified atom stereocenters. The summed E-state index contributed by atoms with van der Waals surface area (Å²) in [5.41, 5.74) is 0.907. The standard InChI is InChI=1S/C12H22N2O2/c1-6-14-11(10(16-5)8-13-14)12(3,4)7-9(2)15/h8-9,15H,6-7H2,1-5H3. The third kappa shape index (κ3) is 2.55. The van der Waals surface area contributed by atoms with E-state index in [9.17, 15) is 5.11 Å². The van der Waals surface area contributed by atoms with Gasteiger partial charge in [0.05, 0.1) is 25.1 Å². The highest BCUT2D eigenvalue weighted by Crippen LogP contribution is 2.35. The van der Waals surface area contributed by atoms with Gasteiger partial charge in [-0.25, -0.2) is 0 Å². The Morgan fingerprint density at radius 1 is 1.56 bits per heavy atom. The molecule has 0 bridgehead atoms. The molecule has 4 nitrogen and oxygen atoms in total. The zero-order valence-electron chi connectivity index (χ0n) is 10.8. The molecule has 0 saturated carbocycles. The summed E-state index contributed by atoms with van der Waals surface area (Å²) in [5, 5.41) is 13.8. The topological polar surface area (TPSA) is 47.3 Å². The molecule has 0 aliphatic carbocycles. The summed E-state index contributed by atoms with van der Waals surface area (Å²) in [5.74, 6) is 0.799. The Bertz CT molecular complexity index is 321. The van der Waals surface area contributed by atoms with Gasteiger partial charge in [0, 0.05) is 12.0 Å². The number of methoxy groups -OCH3 is 1. The van der Waals surface area contributed by atoms with Gasteiger partial charge in [0.2, 0.25) is 0 Å². The Balaban J connectivity index is 3.12. The molecule has 4 heteroatoms. The first kappa shape index (κ1) is 13.0. The highest BCUT2D eigenvalue weighted by atomic mass is 16.5. The van der Waals surface area contributed by atoms with E-state index in [1.165, 1.54) is 0 Å². The third-order valence-corrected chi connectivity index (χ3v) is 2.77. The summed E-state index contributed by atoms with van der Waals surface area (Å²) in [6.45, 7) is 8.87. The monoisotopic (exact) mass is 226 g/mol. The van der Waals surface area contributed by atoms with Gasteiger partial charge in [-0.1, -0.05) is 13.8 Å². The zero-order chi connectivity index (χ0) is 12.3. The molecule has 16 heavy (non-hydrogen) atoms. The fraction of sp³-hybridized carbons (Fsp3) is 0.750. The van der Waals surface area contributed by atoms with Crippen LogP contribution in [0.5, 0.6) is 5.75 Å². The Labute approximate surface area is 97.2 Å². The highest BCUT2D eigenvalue weighted by molar-refractivity contribution is 5.32. The van der Waals surface area contributed by atoms with E-state index in [4.69, 9.17) is 4.74 Å². The molecule has 1 N–H and O–H groups in total. The van der Waals surface area contributed by atoms with Gasteiger partial charge in [-0.2, -0.15) is 5.10 Å². The second-order valence-corrected chi connectivity index (χ2v) is 4.81. The molecule has 0 aliphatic rings. The van der Waals surface area contributed by atoms with Crippen LogP contribution in [-0.2, 0) is 12.0 Å². The normalized spacial score (nSPS) is 13.9. The zero-order valence-corrected chi connectivity index (χ0v) is 10.8. The second kappa shape index (κ2) is 4.87. The fourth-order valence-electron chi connectivity index (χ4n) is 2.28. The average Bonchev–Trinajstić information content (AvgIpc) is 2.58. The first-order chi connectivity index (χ1) is 7.42. The van der Waals surface area contributed by atoms with Gasteiger partial charge in [0.1, 0.15) is 0 Å². The molecule has 0 radical (unpaired) electrons. The molecule has 1 rings (SSSR count). The molecule has 1 atom stereocenters. The first-order valence-electron chi connectivity index (χ1n) is 5.70. The van der Waals surface area contributed by atoms with Crippen LogP contribution < -0.4 is 4.74 Å². The molecule has 92 valence electrons. The van der Waals surface area contributed by atoms with Crippen molar-refractivity contribution in [1.82, 2.24) is 9.78 Å². The lowest BCUT2D eigenvalue weighted by Crippen LogP contribution is -2.27. The van der Waals surface area contributed by atoms with E-state index >= 15 is 0 Å². The number of hydrogen-bond acceptors (Lipinski definition) is 3. The molecule has 0 spiro atoms. The van der Waals surface area contributed by atoms with Crippen molar-refractivity contribution >= 4 is 0 Å². The minimum atomic E-state index is -0.333. The predicted octanol–water partition coefficient (Wildman–Crippen LogP) is 1.96. The van der Waals surface area contributed by atoms with Crippen LogP contribution in [0.15, 0.2) is 6.20 Å². The maximum Gasteiger partial charge on any atom is 0.160 e. The molecular formula is C12H22N2O2. The van der Waals surface area contributed by atoms with Gasteiger partial charge < -0.3 is 9.84 Å². The van der Waals surface area contributed by atoms with E-state index in [1.54, 1.807) is 20.2 Å². The first-order valence-corrected chi connectivity index (χ1v) is 5.70. The summed E-state index contributed by atoms with van der Waals surface area (Å²) < 4.78 is 7.26. The Kier molecular flexibility index (Phi) is 3.97. The van der Waals surface area contributed by atoms with Crippen LogP contribution in [0.3, 0.4) is 0 Å². The number of ether oxygens (including phenoxy) is 1.